The van der Waals surface area contributed by atoms with Gasteiger partial charge in [0.05, 0.1) is 18.8 Å². The van der Waals surface area contributed by atoms with Crippen molar-refractivity contribution in [2.75, 3.05) is 6.61 Å². The molecule has 0 spiro atoms. The Kier molecular flexibility index (Phi) is 39.2. The summed E-state index contributed by atoms with van der Waals surface area (Å²) in [5, 5.41) is 33.1. The summed E-state index contributed by atoms with van der Waals surface area (Å²) in [6.45, 7) is 4.08. The fourth-order valence-corrected chi connectivity index (χ4v) is 6.58. The first-order valence-corrected chi connectivity index (χ1v) is 21.8. The lowest BCUT2D eigenvalue weighted by Gasteiger charge is -2.21. The summed E-state index contributed by atoms with van der Waals surface area (Å²) in [6, 6.07) is -0.796. The number of unbranched alkanes of at least 4 members (excludes halogenated alkanes) is 27. The highest BCUT2D eigenvalue weighted by Gasteiger charge is 2.22. The van der Waals surface area contributed by atoms with Crippen LogP contribution in [-0.4, -0.2) is 46.1 Å². The van der Waals surface area contributed by atoms with Crippen LogP contribution >= 0.6 is 0 Å². The van der Waals surface area contributed by atoms with E-state index in [0.29, 0.717) is 6.42 Å². The molecule has 0 saturated carbocycles. The molecule has 4 N–H and O–H groups in total. The largest absolute Gasteiger partial charge is 0.394 e. The second-order valence-electron chi connectivity index (χ2n) is 14.9. The van der Waals surface area contributed by atoms with E-state index in [2.05, 4.69) is 43.5 Å². The topological polar surface area (TPSA) is 89.8 Å². The molecule has 294 valence electrons. The molecular weight excluding hydrogens is 618 g/mol. The fourth-order valence-electron chi connectivity index (χ4n) is 6.58. The third-order valence-electron chi connectivity index (χ3n) is 9.99. The second-order valence-corrected chi connectivity index (χ2v) is 14.9. The monoisotopic (exact) mass is 704 g/mol. The van der Waals surface area contributed by atoms with E-state index in [0.717, 1.165) is 44.9 Å². The summed E-state index contributed by atoms with van der Waals surface area (Å²) in [4.78, 5) is 12.5. The molecule has 0 heterocycles. The number of aliphatic hydroxyl groups excluding tert-OH is 3. The molecule has 0 aromatic heterocycles. The molecule has 0 rings (SSSR count). The van der Waals surface area contributed by atoms with Gasteiger partial charge in [-0.15, -0.1) is 0 Å². The quantitative estimate of drug-likeness (QED) is 0.0379. The van der Waals surface area contributed by atoms with E-state index < -0.39 is 24.2 Å². The number of allylic oxidation sites excluding steroid dienone is 5. The van der Waals surface area contributed by atoms with E-state index >= 15 is 0 Å². The summed E-state index contributed by atoms with van der Waals surface area (Å²) in [7, 11) is 0. The molecule has 3 atom stereocenters. The van der Waals surface area contributed by atoms with E-state index in [1.165, 1.54) is 154 Å². The van der Waals surface area contributed by atoms with E-state index in [1.807, 2.05) is 6.08 Å². The van der Waals surface area contributed by atoms with Crippen molar-refractivity contribution in [2.24, 2.45) is 0 Å². The van der Waals surface area contributed by atoms with E-state index in [1.54, 1.807) is 6.08 Å². The molecule has 50 heavy (non-hydrogen) atoms. The Morgan fingerprint density at radius 1 is 0.520 bits per heavy atom. The molecule has 0 saturated heterocycles. The number of carbonyl (C=O) groups is 1. The molecule has 1 amide bonds. The van der Waals surface area contributed by atoms with Gasteiger partial charge in [-0.25, -0.2) is 0 Å². The van der Waals surface area contributed by atoms with Crippen LogP contribution in [-0.2, 0) is 4.79 Å². The lowest BCUT2D eigenvalue weighted by atomic mass is 10.0. The van der Waals surface area contributed by atoms with Gasteiger partial charge in [0.25, 0.3) is 0 Å². The summed E-state index contributed by atoms with van der Waals surface area (Å²) >= 11 is 0. The summed E-state index contributed by atoms with van der Waals surface area (Å²) < 4.78 is 0. The number of rotatable bonds is 39. The van der Waals surface area contributed by atoms with Gasteiger partial charge in [0.15, 0.2) is 0 Å². The second kappa shape index (κ2) is 40.3. The number of aliphatic hydroxyl groups is 3. The van der Waals surface area contributed by atoms with Gasteiger partial charge >= 0.3 is 0 Å². The van der Waals surface area contributed by atoms with Crippen LogP contribution < -0.4 is 5.32 Å². The zero-order valence-corrected chi connectivity index (χ0v) is 33.3. The predicted molar refractivity (Wildman–Crippen MR) is 218 cm³/mol. The number of amides is 1. The van der Waals surface area contributed by atoms with Crippen LogP contribution in [0.5, 0.6) is 0 Å². The van der Waals surface area contributed by atoms with Crippen molar-refractivity contribution in [3.8, 4) is 0 Å². The van der Waals surface area contributed by atoms with Crippen LogP contribution in [0.4, 0.5) is 0 Å². The maximum absolute atomic E-state index is 12.5. The van der Waals surface area contributed by atoms with Crippen molar-refractivity contribution in [1.82, 2.24) is 5.32 Å². The Morgan fingerprint density at radius 3 is 1.36 bits per heavy atom. The number of nitrogens with one attached hydrogen (secondary N) is 1. The minimum absolute atomic E-state index is 0.363. The van der Waals surface area contributed by atoms with Crippen LogP contribution in [0.25, 0.3) is 0 Å². The first-order valence-electron chi connectivity index (χ1n) is 21.8. The van der Waals surface area contributed by atoms with Gasteiger partial charge in [-0.2, -0.15) is 0 Å². The summed E-state index contributed by atoms with van der Waals surface area (Å²) in [5.41, 5.74) is 0. The molecular formula is C45H85NO4. The fraction of sp³-hybridized carbons (Fsp3) is 0.844. The van der Waals surface area contributed by atoms with Crippen molar-refractivity contribution in [2.45, 2.75) is 238 Å². The smallest absolute Gasteiger partial charge is 0.249 e. The van der Waals surface area contributed by atoms with E-state index in [4.69, 9.17) is 0 Å². The standard InChI is InChI=1S/C45H85NO4/c1-3-5-7-9-11-13-15-17-19-21-22-23-24-26-28-30-32-34-36-38-40-44(49)45(50)46-42(41-47)43(48)39-37-35-33-31-29-27-25-20-18-16-14-12-10-8-6-4-2/h5,7,11,13,37,39,42-44,47-49H,3-4,6,8-10,12,14-36,38,40-41H2,1-2H3,(H,46,50)/b7-5-,13-11-,39-37+. The van der Waals surface area contributed by atoms with Gasteiger partial charge in [-0.1, -0.05) is 211 Å². The number of carbonyl (C=O) groups excluding carboxylic acids is 1. The molecule has 0 aromatic carbocycles. The molecule has 0 radical (unpaired) electrons. The zero-order chi connectivity index (χ0) is 36.6. The molecule has 5 nitrogen and oxygen atoms in total. The predicted octanol–water partition coefficient (Wildman–Crippen LogP) is 12.4. The van der Waals surface area contributed by atoms with Crippen molar-refractivity contribution < 1.29 is 20.1 Å². The minimum Gasteiger partial charge on any atom is -0.394 e. The lowest BCUT2D eigenvalue weighted by Crippen LogP contribution is -2.48. The highest BCUT2D eigenvalue weighted by molar-refractivity contribution is 5.80. The van der Waals surface area contributed by atoms with Gasteiger partial charge in [-0.05, 0) is 44.9 Å². The first kappa shape index (κ1) is 48.6. The Morgan fingerprint density at radius 2 is 0.920 bits per heavy atom. The molecule has 0 aromatic rings. The molecule has 3 unspecified atom stereocenters. The normalized spacial score (nSPS) is 13.9. The van der Waals surface area contributed by atoms with Gasteiger partial charge in [0, 0.05) is 0 Å². The Bertz CT molecular complexity index is 779. The third kappa shape index (κ3) is 35.0. The highest BCUT2D eigenvalue weighted by atomic mass is 16.3. The average molecular weight is 704 g/mol. The van der Waals surface area contributed by atoms with E-state index in [9.17, 15) is 20.1 Å². The van der Waals surface area contributed by atoms with Crippen molar-refractivity contribution in [1.29, 1.82) is 0 Å². The third-order valence-corrected chi connectivity index (χ3v) is 9.99. The summed E-state index contributed by atoms with van der Waals surface area (Å²) in [6.07, 6.45) is 50.3. The molecule has 0 bridgehead atoms. The SMILES string of the molecule is CC/C=C\C/C=C\CCCCCCCCCCCCCCCC(O)C(=O)NC(CO)C(O)/C=C/CCCCCCCCCCCCCCCC. The van der Waals surface area contributed by atoms with Crippen molar-refractivity contribution in [3.05, 3.63) is 36.5 Å². The number of hydrogen-bond donors (Lipinski definition) is 4. The first-order chi connectivity index (χ1) is 24.6. The van der Waals surface area contributed by atoms with Gasteiger partial charge in [0.1, 0.15) is 6.10 Å². The van der Waals surface area contributed by atoms with Crippen molar-refractivity contribution in [3.63, 3.8) is 0 Å². The number of hydrogen-bond acceptors (Lipinski definition) is 4. The minimum atomic E-state index is -1.10. The Hall–Kier alpha value is -1.43. The lowest BCUT2D eigenvalue weighted by molar-refractivity contribution is -0.131. The van der Waals surface area contributed by atoms with Gasteiger partial charge in [-0.3, -0.25) is 4.79 Å². The molecule has 0 aliphatic carbocycles. The van der Waals surface area contributed by atoms with Crippen LogP contribution in [0.15, 0.2) is 36.5 Å². The maximum Gasteiger partial charge on any atom is 0.249 e. The Balaban J connectivity index is 3.66. The van der Waals surface area contributed by atoms with Crippen LogP contribution in [0.1, 0.15) is 219 Å². The maximum atomic E-state index is 12.5. The molecule has 0 fully saturated rings. The summed E-state index contributed by atoms with van der Waals surface area (Å²) in [5.74, 6) is -0.504. The van der Waals surface area contributed by atoms with Crippen LogP contribution in [0, 0.1) is 0 Å². The average Bonchev–Trinajstić information content (AvgIpc) is 3.12. The van der Waals surface area contributed by atoms with Crippen LogP contribution in [0.3, 0.4) is 0 Å². The van der Waals surface area contributed by atoms with Crippen LogP contribution in [0.2, 0.25) is 0 Å². The molecule has 0 aliphatic rings. The highest BCUT2D eigenvalue weighted by Crippen LogP contribution is 2.16. The van der Waals surface area contributed by atoms with E-state index in [-0.39, 0.29) is 6.61 Å². The Labute approximate surface area is 311 Å². The van der Waals surface area contributed by atoms with Gasteiger partial charge in [0.2, 0.25) is 5.91 Å². The van der Waals surface area contributed by atoms with Crippen molar-refractivity contribution >= 4 is 5.91 Å². The van der Waals surface area contributed by atoms with Gasteiger partial charge < -0.3 is 20.6 Å². The molecule has 5 heteroatoms. The molecule has 0 aliphatic heterocycles. The zero-order valence-electron chi connectivity index (χ0n) is 33.3.